The van der Waals surface area contributed by atoms with Crippen LogP contribution < -0.4 is 19.7 Å². The molecule has 1 N–H and O–H groups in total. The fourth-order valence-electron chi connectivity index (χ4n) is 3.67. The highest BCUT2D eigenvalue weighted by molar-refractivity contribution is 7.19. The number of hydrogen-bond acceptors (Lipinski definition) is 7. The molecule has 1 amide bonds. The summed E-state index contributed by atoms with van der Waals surface area (Å²) >= 11 is 1.59. The van der Waals surface area contributed by atoms with E-state index in [0.717, 1.165) is 31.9 Å². The highest BCUT2D eigenvalue weighted by Crippen LogP contribution is 2.44. The average molecular weight is 417 g/mol. The lowest BCUT2D eigenvalue weighted by molar-refractivity contribution is 0.102. The molecular weight excluding hydrogens is 388 g/mol. The van der Waals surface area contributed by atoms with Gasteiger partial charge in [-0.15, -0.1) is 0 Å². The number of nitrogens with one attached hydrogen (secondary N) is 1. The maximum Gasteiger partial charge on any atom is 0.257 e. The zero-order valence-corrected chi connectivity index (χ0v) is 18.1. The Bertz CT molecular complexity index is 851. The van der Waals surface area contributed by atoms with Crippen molar-refractivity contribution in [3.8, 4) is 11.5 Å². The Morgan fingerprint density at radius 2 is 1.76 bits per heavy atom. The van der Waals surface area contributed by atoms with Crippen molar-refractivity contribution in [3.05, 3.63) is 29.5 Å². The normalized spacial score (nSPS) is 17.7. The standard InChI is InChI=1S/C21H28N4O3S/c1-24-7-9-25(10-8-24)20-18(14-5-4-6-14)22-21(29-20)23-19(26)15-11-16(27-2)13-17(12-15)28-3/h11-14H,4-10H2,1-3H3,(H,22,23,26). The van der Waals surface area contributed by atoms with Gasteiger partial charge in [0, 0.05) is 43.7 Å². The Morgan fingerprint density at radius 1 is 1.10 bits per heavy atom. The minimum Gasteiger partial charge on any atom is -0.497 e. The maximum absolute atomic E-state index is 12.9. The number of nitrogens with zero attached hydrogens (tertiary/aromatic N) is 3. The topological polar surface area (TPSA) is 66.9 Å². The summed E-state index contributed by atoms with van der Waals surface area (Å²) in [6.07, 6.45) is 3.63. The average Bonchev–Trinajstić information content (AvgIpc) is 3.09. The number of ether oxygens (including phenoxy) is 2. The Morgan fingerprint density at radius 3 is 2.31 bits per heavy atom. The number of likely N-dealkylation sites (N-methyl/N-ethyl adjacent to an activating group) is 1. The van der Waals surface area contributed by atoms with Crippen molar-refractivity contribution >= 4 is 27.4 Å². The summed E-state index contributed by atoms with van der Waals surface area (Å²) in [6, 6.07) is 5.17. The predicted octanol–water partition coefficient (Wildman–Crippen LogP) is 3.43. The Hall–Kier alpha value is -2.32. The summed E-state index contributed by atoms with van der Waals surface area (Å²) in [6.45, 7) is 4.10. The van der Waals surface area contributed by atoms with Crippen molar-refractivity contribution in [2.45, 2.75) is 25.2 Å². The SMILES string of the molecule is COc1cc(OC)cc(C(=O)Nc2nc(C3CCC3)c(N3CCN(C)CC3)s2)c1. The largest absolute Gasteiger partial charge is 0.497 e. The molecule has 2 heterocycles. The fraction of sp³-hybridized carbons (Fsp3) is 0.524. The number of benzene rings is 1. The van der Waals surface area contributed by atoms with Crippen LogP contribution in [0.3, 0.4) is 0 Å². The number of thiazole rings is 1. The second-order valence-electron chi connectivity index (χ2n) is 7.68. The van der Waals surface area contributed by atoms with Gasteiger partial charge < -0.3 is 19.3 Å². The van der Waals surface area contributed by atoms with E-state index in [1.165, 1.54) is 24.3 Å². The number of carbonyl (C=O) groups excluding carboxylic acids is 1. The summed E-state index contributed by atoms with van der Waals surface area (Å²) in [7, 11) is 5.31. The van der Waals surface area contributed by atoms with Crippen LogP contribution in [-0.2, 0) is 0 Å². The molecule has 2 fully saturated rings. The maximum atomic E-state index is 12.9. The third-order valence-corrected chi connectivity index (χ3v) is 6.80. The molecule has 0 atom stereocenters. The minimum atomic E-state index is -0.207. The van der Waals surface area contributed by atoms with Gasteiger partial charge in [0.1, 0.15) is 16.5 Å². The molecule has 4 rings (SSSR count). The molecule has 2 aromatic rings. The van der Waals surface area contributed by atoms with Crippen LogP contribution >= 0.6 is 11.3 Å². The van der Waals surface area contributed by atoms with Crippen LogP contribution in [0.2, 0.25) is 0 Å². The van der Waals surface area contributed by atoms with Crippen molar-refractivity contribution in [2.75, 3.05) is 57.7 Å². The van der Waals surface area contributed by atoms with Gasteiger partial charge in [0.05, 0.1) is 19.9 Å². The summed E-state index contributed by atoms with van der Waals surface area (Å²) in [5.74, 6) is 1.48. The summed E-state index contributed by atoms with van der Waals surface area (Å²) in [4.78, 5) is 22.5. The first kappa shape index (κ1) is 20.0. The van der Waals surface area contributed by atoms with Crippen molar-refractivity contribution in [2.24, 2.45) is 0 Å². The van der Waals surface area contributed by atoms with Crippen LogP contribution in [0.4, 0.5) is 10.1 Å². The van der Waals surface area contributed by atoms with Crippen LogP contribution in [0.15, 0.2) is 18.2 Å². The predicted molar refractivity (Wildman–Crippen MR) is 116 cm³/mol. The molecule has 0 radical (unpaired) electrons. The molecule has 1 aromatic carbocycles. The third kappa shape index (κ3) is 4.33. The molecule has 1 saturated heterocycles. The monoisotopic (exact) mass is 416 g/mol. The molecule has 1 aliphatic carbocycles. The van der Waals surface area contributed by atoms with E-state index in [1.807, 2.05) is 0 Å². The van der Waals surface area contributed by atoms with Crippen LogP contribution in [-0.4, -0.2) is 63.2 Å². The second kappa shape index (κ2) is 8.59. The number of carbonyl (C=O) groups is 1. The van der Waals surface area contributed by atoms with Gasteiger partial charge in [-0.1, -0.05) is 17.8 Å². The molecule has 7 nitrogen and oxygen atoms in total. The van der Waals surface area contributed by atoms with E-state index < -0.39 is 0 Å². The van der Waals surface area contributed by atoms with Gasteiger partial charge in [-0.2, -0.15) is 0 Å². The lowest BCUT2D eigenvalue weighted by Gasteiger charge is -2.35. The summed E-state index contributed by atoms with van der Waals surface area (Å²) in [5.41, 5.74) is 1.65. The number of methoxy groups -OCH3 is 2. The van der Waals surface area contributed by atoms with Gasteiger partial charge in [-0.3, -0.25) is 10.1 Å². The van der Waals surface area contributed by atoms with Crippen molar-refractivity contribution < 1.29 is 14.3 Å². The number of anilines is 2. The van der Waals surface area contributed by atoms with Crippen molar-refractivity contribution in [1.29, 1.82) is 0 Å². The van der Waals surface area contributed by atoms with E-state index in [0.29, 0.717) is 28.1 Å². The molecule has 0 spiro atoms. The molecule has 0 unspecified atom stereocenters. The lowest BCUT2D eigenvalue weighted by atomic mass is 9.83. The van der Waals surface area contributed by atoms with Crippen LogP contribution in [0.5, 0.6) is 11.5 Å². The first-order valence-corrected chi connectivity index (χ1v) is 10.9. The molecule has 1 saturated carbocycles. The first-order chi connectivity index (χ1) is 14.1. The van der Waals surface area contributed by atoms with E-state index in [1.54, 1.807) is 43.8 Å². The number of hydrogen-bond donors (Lipinski definition) is 1. The van der Waals surface area contributed by atoms with Gasteiger partial charge in [-0.25, -0.2) is 4.98 Å². The molecule has 1 aliphatic heterocycles. The Kier molecular flexibility index (Phi) is 5.91. The van der Waals surface area contributed by atoms with E-state index in [9.17, 15) is 4.79 Å². The number of piperazine rings is 1. The Labute approximate surface area is 175 Å². The summed E-state index contributed by atoms with van der Waals surface area (Å²) in [5, 5.41) is 4.88. The third-order valence-electron chi connectivity index (χ3n) is 5.75. The highest BCUT2D eigenvalue weighted by atomic mass is 32.1. The fourth-order valence-corrected chi connectivity index (χ4v) is 4.77. The van der Waals surface area contributed by atoms with Gasteiger partial charge in [0.25, 0.3) is 5.91 Å². The second-order valence-corrected chi connectivity index (χ2v) is 8.66. The highest BCUT2D eigenvalue weighted by Gasteiger charge is 2.30. The zero-order valence-electron chi connectivity index (χ0n) is 17.2. The first-order valence-electron chi connectivity index (χ1n) is 10.1. The quantitative estimate of drug-likeness (QED) is 0.778. The lowest BCUT2D eigenvalue weighted by Crippen LogP contribution is -2.44. The van der Waals surface area contributed by atoms with E-state index in [-0.39, 0.29) is 5.91 Å². The van der Waals surface area contributed by atoms with Crippen molar-refractivity contribution in [3.63, 3.8) is 0 Å². The number of aromatic nitrogens is 1. The van der Waals surface area contributed by atoms with Crippen LogP contribution in [0.1, 0.15) is 41.2 Å². The molecule has 156 valence electrons. The van der Waals surface area contributed by atoms with E-state index in [2.05, 4.69) is 22.2 Å². The zero-order chi connectivity index (χ0) is 20.4. The van der Waals surface area contributed by atoms with E-state index in [4.69, 9.17) is 14.5 Å². The molecule has 29 heavy (non-hydrogen) atoms. The molecular formula is C21H28N4O3S. The summed E-state index contributed by atoms with van der Waals surface area (Å²) < 4.78 is 10.6. The smallest absolute Gasteiger partial charge is 0.257 e. The van der Waals surface area contributed by atoms with Crippen molar-refractivity contribution in [1.82, 2.24) is 9.88 Å². The van der Waals surface area contributed by atoms with Gasteiger partial charge in [-0.05, 0) is 32.0 Å². The minimum absolute atomic E-state index is 0.207. The van der Waals surface area contributed by atoms with Crippen LogP contribution in [0.25, 0.3) is 0 Å². The van der Waals surface area contributed by atoms with Crippen LogP contribution in [0, 0.1) is 0 Å². The van der Waals surface area contributed by atoms with E-state index >= 15 is 0 Å². The molecule has 1 aromatic heterocycles. The molecule has 2 aliphatic rings. The van der Waals surface area contributed by atoms with Gasteiger partial charge in [0.15, 0.2) is 5.13 Å². The number of rotatable bonds is 6. The molecule has 8 heteroatoms. The number of amides is 1. The van der Waals surface area contributed by atoms with Gasteiger partial charge >= 0.3 is 0 Å². The molecule has 0 bridgehead atoms. The Balaban J connectivity index is 1.56. The van der Waals surface area contributed by atoms with Gasteiger partial charge in [0.2, 0.25) is 0 Å².